The number of aromatic nitrogens is 7. The van der Waals surface area contributed by atoms with Crippen LogP contribution in [-0.2, 0) is 52.4 Å². The number of nitrogen functional groups attached to an aromatic ring is 1. The molecule has 2 aliphatic rings. The van der Waals surface area contributed by atoms with Gasteiger partial charge in [-0.3, -0.25) is 23.4 Å². The van der Waals surface area contributed by atoms with Gasteiger partial charge in [0.2, 0.25) is 5.95 Å². The monoisotopic (exact) mass is 668 g/mol. The highest BCUT2D eigenvalue weighted by Crippen LogP contribution is 2.58. The van der Waals surface area contributed by atoms with E-state index < -0.39 is 56.9 Å². The van der Waals surface area contributed by atoms with E-state index in [1.165, 1.54) is 10.8 Å². The first kappa shape index (κ1) is 29.1. The number of fused-ring (bicyclic) bond motifs is 6. The Morgan fingerprint density at radius 1 is 1.27 bits per heavy atom. The van der Waals surface area contributed by atoms with Crippen LogP contribution in [0, 0.1) is 0 Å². The van der Waals surface area contributed by atoms with Gasteiger partial charge < -0.3 is 29.0 Å². The number of H-pyrrole nitrogens is 1. The Hall–Kier alpha value is -2.02. The van der Waals surface area contributed by atoms with E-state index in [0.717, 1.165) is 6.33 Å². The van der Waals surface area contributed by atoms with Crippen molar-refractivity contribution in [1.82, 2.24) is 34.1 Å². The maximum atomic E-state index is 15.8. The van der Waals surface area contributed by atoms with E-state index in [-0.39, 0.29) is 36.1 Å². The second-order valence-electron chi connectivity index (χ2n) is 8.87. The summed E-state index contributed by atoms with van der Waals surface area (Å²) in [6.45, 7) is -9.22. The molecule has 16 nitrogen and oxygen atoms in total. The van der Waals surface area contributed by atoms with Gasteiger partial charge in [-0.05, 0) is 17.9 Å². The molecule has 0 saturated carbocycles. The molecule has 4 aromatic heterocycles. The van der Waals surface area contributed by atoms with Crippen molar-refractivity contribution in [1.29, 1.82) is 0 Å². The molecule has 2 aliphatic heterocycles. The Bertz CT molecular complexity index is 1810. The van der Waals surface area contributed by atoms with Gasteiger partial charge >= 0.3 is 13.5 Å². The molecule has 41 heavy (non-hydrogen) atoms. The van der Waals surface area contributed by atoms with Crippen LogP contribution in [0.4, 0.5) is 10.3 Å². The standard InChI is InChI=1S/C19H20ClFN8O8P2S2/c20-8-3-9-15(23-4-8)28-1-2-33-38(31,40)34-5-10-12(21)14(37-39(32,41)35-6-11(28)25-9)18(36-10)29-7-24-13-16(29)26-19(22)27-17(13)30/h3-4,7,10,12,14,18H,1-2,5-6H2,(H,31,40)(H,32,41)(H3,22,26,27,30)/t10-,12-,14-,18+,38?,39?/m1/s1. The van der Waals surface area contributed by atoms with Crippen LogP contribution in [0.15, 0.2) is 23.4 Å². The maximum Gasteiger partial charge on any atom is 0.387 e. The largest absolute Gasteiger partial charge is 0.387 e. The second-order valence-corrected chi connectivity index (χ2v) is 15.0. The molecule has 6 rings (SSSR count). The van der Waals surface area contributed by atoms with Gasteiger partial charge in [0.25, 0.3) is 5.56 Å². The quantitative estimate of drug-likeness (QED) is 0.170. The van der Waals surface area contributed by atoms with Crippen molar-refractivity contribution in [2.24, 2.45) is 0 Å². The van der Waals surface area contributed by atoms with Gasteiger partial charge in [-0.2, -0.15) is 4.98 Å². The number of ether oxygens (including phenoxy) is 1. The highest BCUT2D eigenvalue weighted by molar-refractivity contribution is 8.44. The first-order valence-corrected chi connectivity index (χ1v) is 17.4. The van der Waals surface area contributed by atoms with E-state index in [0.29, 0.717) is 16.2 Å². The number of nitrogens with one attached hydrogen (secondary N) is 1. The predicted octanol–water partition coefficient (Wildman–Crippen LogP) is 2.24. The summed E-state index contributed by atoms with van der Waals surface area (Å²) < 4.78 is 59.7. The molecule has 220 valence electrons. The molecule has 1 saturated heterocycles. The van der Waals surface area contributed by atoms with Crippen LogP contribution in [-0.4, -0.2) is 70.5 Å². The number of thiol groups is 1. The summed E-state index contributed by atoms with van der Waals surface area (Å²) in [5.74, 6) is -0.00230. The van der Waals surface area contributed by atoms with Crippen molar-refractivity contribution in [3.05, 3.63) is 39.8 Å². The SMILES string of the molecule is Nc1nc2c(ncn2[C@H]2O[C@@H]3COP(O)(=S)OCCn4c(nc5cc(Cl)cnc54)COP(=O)(S)O[C@@H]2[C@@H]3F)c(=O)[nH]1. The third-order valence-electron chi connectivity index (χ3n) is 6.20. The first-order valence-electron chi connectivity index (χ1n) is 11.7. The Kier molecular flexibility index (Phi) is 7.74. The minimum atomic E-state index is -4.32. The number of rotatable bonds is 1. The normalized spacial score (nSPS) is 31.6. The summed E-state index contributed by atoms with van der Waals surface area (Å²) in [6.07, 6.45) is -3.89. The third kappa shape index (κ3) is 5.81. The van der Waals surface area contributed by atoms with Crippen molar-refractivity contribution in [2.75, 3.05) is 18.9 Å². The number of halogens is 2. The lowest BCUT2D eigenvalue weighted by atomic mass is 10.1. The zero-order valence-corrected chi connectivity index (χ0v) is 24.7. The average molecular weight is 669 g/mol. The van der Waals surface area contributed by atoms with Gasteiger partial charge in [0, 0.05) is 12.7 Å². The van der Waals surface area contributed by atoms with Crippen LogP contribution in [0.1, 0.15) is 12.1 Å². The van der Waals surface area contributed by atoms with Gasteiger partial charge in [-0.25, -0.2) is 23.9 Å². The minimum absolute atomic E-state index is 0.0570. The van der Waals surface area contributed by atoms with Gasteiger partial charge in [-0.15, -0.1) is 0 Å². The summed E-state index contributed by atoms with van der Waals surface area (Å²) in [5, 5.41) is 0.330. The van der Waals surface area contributed by atoms with Crippen LogP contribution in [0.3, 0.4) is 0 Å². The molecule has 6 heterocycles. The van der Waals surface area contributed by atoms with E-state index in [1.54, 1.807) is 10.6 Å². The molecule has 0 amide bonds. The fourth-order valence-corrected chi connectivity index (χ4v) is 7.10. The van der Waals surface area contributed by atoms with Gasteiger partial charge in [0.05, 0.1) is 24.6 Å². The Labute approximate surface area is 244 Å². The number of nitrogens with two attached hydrogens (primary N) is 1. The average Bonchev–Trinajstić information content (AvgIpc) is 3.55. The number of nitrogens with zero attached hydrogens (tertiary/aromatic N) is 6. The highest BCUT2D eigenvalue weighted by atomic mass is 35.5. The molecule has 2 unspecified atom stereocenters. The van der Waals surface area contributed by atoms with E-state index in [2.05, 4.69) is 37.2 Å². The minimum Gasteiger partial charge on any atom is -0.369 e. The molecule has 0 radical (unpaired) electrons. The summed E-state index contributed by atoms with van der Waals surface area (Å²) in [7, 11) is 0. The van der Waals surface area contributed by atoms with Crippen molar-refractivity contribution < 1.29 is 36.7 Å². The molecular formula is C19H20ClFN8O8P2S2. The van der Waals surface area contributed by atoms with Crippen LogP contribution < -0.4 is 11.3 Å². The topological polar surface area (TPSA) is 204 Å². The van der Waals surface area contributed by atoms with Gasteiger partial charge in [-0.1, -0.05) is 23.8 Å². The molecule has 1 fully saturated rings. The lowest BCUT2D eigenvalue weighted by Crippen LogP contribution is -2.32. The van der Waals surface area contributed by atoms with Gasteiger partial charge in [0.1, 0.15) is 30.2 Å². The zero-order chi connectivity index (χ0) is 29.1. The number of hydrogen-bond acceptors (Lipinski definition) is 13. The number of aromatic amines is 1. The maximum absolute atomic E-state index is 15.8. The Morgan fingerprint density at radius 2 is 2.07 bits per heavy atom. The van der Waals surface area contributed by atoms with Crippen molar-refractivity contribution in [2.45, 2.75) is 37.8 Å². The summed E-state index contributed by atoms with van der Waals surface area (Å²) in [6, 6.07) is 1.56. The molecule has 2 bridgehead atoms. The lowest BCUT2D eigenvalue weighted by molar-refractivity contribution is -0.0453. The van der Waals surface area contributed by atoms with E-state index in [9.17, 15) is 14.3 Å². The Balaban J connectivity index is 1.38. The van der Waals surface area contributed by atoms with Crippen LogP contribution in [0.2, 0.25) is 5.02 Å². The lowest BCUT2D eigenvalue weighted by Gasteiger charge is -2.24. The molecular weight excluding hydrogens is 649 g/mol. The summed E-state index contributed by atoms with van der Waals surface area (Å²) in [5.41, 5.74) is 5.66. The fraction of sp³-hybridized carbons (Fsp3) is 0.421. The van der Waals surface area contributed by atoms with Crippen molar-refractivity contribution in [3.8, 4) is 0 Å². The molecule has 0 spiro atoms. The number of anilines is 1. The number of imidazole rings is 2. The summed E-state index contributed by atoms with van der Waals surface area (Å²) >= 11 is 15.2. The van der Waals surface area contributed by atoms with Crippen LogP contribution in [0.25, 0.3) is 22.3 Å². The van der Waals surface area contributed by atoms with Crippen molar-refractivity contribution in [3.63, 3.8) is 0 Å². The third-order valence-corrected chi connectivity index (χ3v) is 9.62. The van der Waals surface area contributed by atoms with Crippen molar-refractivity contribution >= 4 is 77.4 Å². The molecule has 4 N–H and O–H groups in total. The van der Waals surface area contributed by atoms with Crippen LogP contribution >= 0.6 is 37.4 Å². The summed E-state index contributed by atoms with van der Waals surface area (Å²) in [4.78, 5) is 41.9. The number of hydrogen-bond donors (Lipinski definition) is 4. The molecule has 0 aromatic carbocycles. The molecule has 6 atom stereocenters. The number of pyridine rings is 1. The van der Waals surface area contributed by atoms with Crippen LogP contribution in [0.5, 0.6) is 0 Å². The molecule has 22 heteroatoms. The number of alkyl halides is 1. The van der Waals surface area contributed by atoms with Gasteiger partial charge in [0.15, 0.2) is 29.2 Å². The van der Waals surface area contributed by atoms with E-state index >= 15 is 4.39 Å². The molecule has 4 aromatic rings. The predicted molar refractivity (Wildman–Crippen MR) is 149 cm³/mol. The molecule has 0 aliphatic carbocycles. The second kappa shape index (κ2) is 10.9. The van der Waals surface area contributed by atoms with E-state index in [1.807, 2.05) is 0 Å². The smallest absolute Gasteiger partial charge is 0.369 e. The highest BCUT2D eigenvalue weighted by Gasteiger charge is 2.51. The zero-order valence-electron chi connectivity index (χ0n) is 20.4. The first-order chi connectivity index (χ1) is 19.4. The Morgan fingerprint density at radius 3 is 2.88 bits per heavy atom. The van der Waals surface area contributed by atoms with E-state index in [4.69, 9.17) is 52.0 Å². The fourth-order valence-electron chi connectivity index (χ4n) is 4.45.